The lowest BCUT2D eigenvalue weighted by atomic mass is 10.3. The molecular formula is C13H20N4O3S2. The molecule has 1 aliphatic rings. The lowest BCUT2D eigenvalue weighted by molar-refractivity contribution is -0.385. The summed E-state index contributed by atoms with van der Waals surface area (Å²) in [6.07, 6.45) is 3.66. The molecule has 0 radical (unpaired) electrons. The van der Waals surface area contributed by atoms with Gasteiger partial charge in [-0.2, -0.15) is 21.7 Å². The standard InChI is InChI=1S/C13H20N4O3S2/c1-3-4-7-20-12-10(17(18)19)11(14-13(15-12)21-2)16-5-8-22-9-6-16/h3-9H2,1-2H3. The van der Waals surface area contributed by atoms with Crippen LogP contribution in [0.15, 0.2) is 5.16 Å². The summed E-state index contributed by atoms with van der Waals surface area (Å²) < 4.78 is 5.57. The van der Waals surface area contributed by atoms with Crippen molar-refractivity contribution in [2.75, 3.05) is 42.4 Å². The molecule has 0 amide bonds. The van der Waals surface area contributed by atoms with E-state index in [1.54, 1.807) is 0 Å². The van der Waals surface area contributed by atoms with E-state index in [0.717, 1.165) is 37.4 Å². The monoisotopic (exact) mass is 344 g/mol. The van der Waals surface area contributed by atoms with E-state index in [1.165, 1.54) is 11.8 Å². The zero-order valence-corrected chi connectivity index (χ0v) is 14.4. The van der Waals surface area contributed by atoms with Gasteiger partial charge in [0.1, 0.15) is 0 Å². The van der Waals surface area contributed by atoms with Crippen molar-refractivity contribution >= 4 is 35.0 Å². The van der Waals surface area contributed by atoms with Crippen LogP contribution in [-0.2, 0) is 0 Å². The Morgan fingerprint density at radius 2 is 2.14 bits per heavy atom. The van der Waals surface area contributed by atoms with E-state index < -0.39 is 4.92 Å². The van der Waals surface area contributed by atoms with Crippen LogP contribution in [0.3, 0.4) is 0 Å². The minimum Gasteiger partial charge on any atom is -0.473 e. The fraction of sp³-hybridized carbons (Fsp3) is 0.692. The first-order chi connectivity index (χ1) is 10.7. The molecule has 1 saturated heterocycles. The van der Waals surface area contributed by atoms with Gasteiger partial charge in [0.05, 0.1) is 11.5 Å². The highest BCUT2D eigenvalue weighted by atomic mass is 32.2. The van der Waals surface area contributed by atoms with Crippen molar-refractivity contribution in [3.05, 3.63) is 10.1 Å². The van der Waals surface area contributed by atoms with Crippen LogP contribution in [0.4, 0.5) is 11.5 Å². The van der Waals surface area contributed by atoms with E-state index in [9.17, 15) is 10.1 Å². The molecule has 122 valence electrons. The summed E-state index contributed by atoms with van der Waals surface area (Å²) in [6, 6.07) is 0. The summed E-state index contributed by atoms with van der Waals surface area (Å²) in [7, 11) is 0. The van der Waals surface area contributed by atoms with Crippen LogP contribution in [0.5, 0.6) is 5.88 Å². The Kier molecular flexibility index (Phi) is 6.56. The number of hydrogen-bond donors (Lipinski definition) is 0. The van der Waals surface area contributed by atoms with Crippen molar-refractivity contribution in [3.8, 4) is 5.88 Å². The molecule has 2 rings (SSSR count). The lowest BCUT2D eigenvalue weighted by Crippen LogP contribution is -2.34. The molecule has 1 aromatic rings. The number of thioether (sulfide) groups is 2. The fourth-order valence-corrected chi connectivity index (χ4v) is 3.32. The number of ether oxygens (including phenoxy) is 1. The van der Waals surface area contributed by atoms with Crippen molar-refractivity contribution in [1.29, 1.82) is 0 Å². The molecule has 2 heterocycles. The molecule has 0 saturated carbocycles. The van der Waals surface area contributed by atoms with Gasteiger partial charge in [-0.05, 0) is 12.7 Å². The minimum absolute atomic E-state index is 0.0889. The fourth-order valence-electron chi connectivity index (χ4n) is 2.06. The molecule has 22 heavy (non-hydrogen) atoms. The predicted octanol–water partition coefficient (Wildman–Crippen LogP) is 2.84. The van der Waals surface area contributed by atoms with Crippen LogP contribution < -0.4 is 9.64 Å². The van der Waals surface area contributed by atoms with Gasteiger partial charge in [-0.15, -0.1) is 0 Å². The molecule has 0 spiro atoms. The summed E-state index contributed by atoms with van der Waals surface area (Å²) in [5.41, 5.74) is -0.110. The average molecular weight is 344 g/mol. The first-order valence-electron chi connectivity index (χ1n) is 7.23. The highest BCUT2D eigenvalue weighted by Crippen LogP contribution is 2.36. The molecular weight excluding hydrogens is 324 g/mol. The quantitative estimate of drug-likeness (QED) is 0.245. The van der Waals surface area contributed by atoms with Crippen LogP contribution in [0.25, 0.3) is 0 Å². The molecule has 9 heteroatoms. The van der Waals surface area contributed by atoms with E-state index in [-0.39, 0.29) is 11.6 Å². The molecule has 7 nitrogen and oxygen atoms in total. The molecule has 0 unspecified atom stereocenters. The third-order valence-electron chi connectivity index (χ3n) is 3.23. The summed E-state index contributed by atoms with van der Waals surface area (Å²) in [6.45, 7) is 3.98. The number of rotatable bonds is 7. The second kappa shape index (κ2) is 8.42. The van der Waals surface area contributed by atoms with Gasteiger partial charge in [-0.25, -0.2) is 0 Å². The molecule has 0 atom stereocenters. The molecule has 0 aromatic carbocycles. The maximum Gasteiger partial charge on any atom is 0.373 e. The van der Waals surface area contributed by atoms with Gasteiger partial charge in [0.15, 0.2) is 5.16 Å². The smallest absolute Gasteiger partial charge is 0.373 e. The third kappa shape index (κ3) is 4.16. The molecule has 1 aliphatic heterocycles. The third-order valence-corrected chi connectivity index (χ3v) is 4.72. The van der Waals surface area contributed by atoms with Crippen molar-refractivity contribution in [2.24, 2.45) is 0 Å². The first-order valence-corrected chi connectivity index (χ1v) is 9.61. The van der Waals surface area contributed by atoms with Crippen LogP contribution in [0.2, 0.25) is 0 Å². The summed E-state index contributed by atoms with van der Waals surface area (Å²) in [4.78, 5) is 21.6. The van der Waals surface area contributed by atoms with Crippen molar-refractivity contribution in [2.45, 2.75) is 24.9 Å². The molecule has 1 aromatic heterocycles. The number of nitrogens with zero attached hydrogens (tertiary/aromatic N) is 4. The average Bonchev–Trinajstić information content (AvgIpc) is 2.54. The Labute approximate surface area is 138 Å². The number of unbranched alkanes of at least 4 members (excludes halogenated alkanes) is 1. The Hall–Kier alpha value is -1.22. The highest BCUT2D eigenvalue weighted by molar-refractivity contribution is 7.99. The maximum atomic E-state index is 11.5. The van der Waals surface area contributed by atoms with Gasteiger partial charge in [0.2, 0.25) is 5.82 Å². The summed E-state index contributed by atoms with van der Waals surface area (Å²) in [5, 5.41) is 12.0. The van der Waals surface area contributed by atoms with E-state index in [2.05, 4.69) is 9.97 Å². The SMILES string of the molecule is CCCCOc1nc(SC)nc(N2CCSCC2)c1[N+](=O)[O-]. The minimum atomic E-state index is -0.428. The van der Waals surface area contributed by atoms with E-state index in [0.29, 0.717) is 17.6 Å². The lowest BCUT2D eigenvalue weighted by Gasteiger charge is -2.27. The normalized spacial score (nSPS) is 14.9. The van der Waals surface area contributed by atoms with Gasteiger partial charge in [-0.3, -0.25) is 10.1 Å². The van der Waals surface area contributed by atoms with Gasteiger partial charge in [0.25, 0.3) is 0 Å². The van der Waals surface area contributed by atoms with Gasteiger partial charge < -0.3 is 9.64 Å². The van der Waals surface area contributed by atoms with E-state index in [4.69, 9.17) is 4.74 Å². The zero-order valence-electron chi connectivity index (χ0n) is 12.8. The highest BCUT2D eigenvalue weighted by Gasteiger charge is 2.30. The Bertz CT molecular complexity index is 524. The van der Waals surface area contributed by atoms with Gasteiger partial charge in [0, 0.05) is 24.6 Å². The second-order valence-corrected chi connectivity index (χ2v) is 6.74. The number of nitro groups is 1. The van der Waals surface area contributed by atoms with Crippen LogP contribution in [-0.4, -0.2) is 52.3 Å². The number of aromatic nitrogens is 2. The molecule has 0 N–H and O–H groups in total. The summed E-state index contributed by atoms with van der Waals surface area (Å²) in [5.74, 6) is 2.37. The van der Waals surface area contributed by atoms with Crippen molar-refractivity contribution < 1.29 is 9.66 Å². The van der Waals surface area contributed by atoms with Gasteiger partial charge >= 0.3 is 11.6 Å². The van der Waals surface area contributed by atoms with Gasteiger partial charge in [-0.1, -0.05) is 25.1 Å². The molecule has 0 bridgehead atoms. The zero-order chi connectivity index (χ0) is 15.9. The predicted molar refractivity (Wildman–Crippen MR) is 90.4 cm³/mol. The second-order valence-electron chi connectivity index (χ2n) is 4.75. The van der Waals surface area contributed by atoms with Crippen molar-refractivity contribution in [3.63, 3.8) is 0 Å². The van der Waals surface area contributed by atoms with E-state index >= 15 is 0 Å². The number of hydrogen-bond acceptors (Lipinski definition) is 8. The Morgan fingerprint density at radius 3 is 2.73 bits per heavy atom. The topological polar surface area (TPSA) is 81.4 Å². The number of anilines is 1. The maximum absolute atomic E-state index is 11.5. The van der Waals surface area contributed by atoms with Crippen LogP contribution >= 0.6 is 23.5 Å². The Morgan fingerprint density at radius 1 is 1.41 bits per heavy atom. The Balaban J connectivity index is 2.39. The first kappa shape index (κ1) is 17.1. The van der Waals surface area contributed by atoms with E-state index in [1.807, 2.05) is 29.8 Å². The van der Waals surface area contributed by atoms with Crippen molar-refractivity contribution in [1.82, 2.24) is 9.97 Å². The van der Waals surface area contributed by atoms with Crippen LogP contribution in [0.1, 0.15) is 19.8 Å². The molecule has 1 fully saturated rings. The summed E-state index contributed by atoms with van der Waals surface area (Å²) >= 11 is 3.21. The van der Waals surface area contributed by atoms with Crippen LogP contribution in [0, 0.1) is 10.1 Å². The molecule has 0 aliphatic carbocycles. The largest absolute Gasteiger partial charge is 0.473 e.